The number of aryl methyl sites for hydroxylation is 2. The Morgan fingerprint density at radius 2 is 1.77 bits per heavy atom. The first-order valence-corrected chi connectivity index (χ1v) is 11.5. The van der Waals surface area contributed by atoms with Crippen LogP contribution in [-0.2, 0) is 14.8 Å². The van der Waals surface area contributed by atoms with Crippen molar-refractivity contribution in [3.05, 3.63) is 82.9 Å². The molecule has 31 heavy (non-hydrogen) atoms. The van der Waals surface area contributed by atoms with Gasteiger partial charge in [0.1, 0.15) is 5.75 Å². The number of hydrogen-bond donors (Lipinski definition) is 1. The highest BCUT2D eigenvalue weighted by Crippen LogP contribution is 2.37. The number of ether oxygens (including phenoxy) is 1. The number of fused-ring (bicyclic) bond motifs is 1. The maximum absolute atomic E-state index is 13.4. The highest BCUT2D eigenvalue weighted by Gasteiger charge is 2.37. The third-order valence-electron chi connectivity index (χ3n) is 5.07. The minimum absolute atomic E-state index is 0.0853. The monoisotopic (exact) mass is 456 g/mol. The first-order valence-electron chi connectivity index (χ1n) is 9.68. The minimum Gasteiger partial charge on any atom is -0.476 e. The minimum atomic E-state index is -3.93. The number of anilines is 2. The van der Waals surface area contributed by atoms with Crippen LogP contribution in [0.15, 0.2) is 71.6 Å². The quantitative estimate of drug-likeness (QED) is 0.624. The Hall–Kier alpha value is -3.03. The SMILES string of the molecule is Cc1ccc(NC(=O)[C@H]2CN(S(=O)(=O)c3ccc(Cl)cc3)c3ccccc3O2)c(C)c1. The van der Waals surface area contributed by atoms with Crippen LogP contribution in [0.4, 0.5) is 11.4 Å². The van der Waals surface area contributed by atoms with E-state index in [1.165, 1.54) is 28.6 Å². The summed E-state index contributed by atoms with van der Waals surface area (Å²) >= 11 is 5.91. The molecule has 0 saturated carbocycles. The van der Waals surface area contributed by atoms with E-state index in [9.17, 15) is 13.2 Å². The van der Waals surface area contributed by atoms with Gasteiger partial charge in [0.25, 0.3) is 15.9 Å². The lowest BCUT2D eigenvalue weighted by atomic mass is 10.1. The van der Waals surface area contributed by atoms with Crippen LogP contribution in [0.2, 0.25) is 5.02 Å². The van der Waals surface area contributed by atoms with Crippen molar-refractivity contribution in [2.75, 3.05) is 16.2 Å². The molecule has 6 nitrogen and oxygen atoms in total. The van der Waals surface area contributed by atoms with Crippen LogP contribution < -0.4 is 14.4 Å². The van der Waals surface area contributed by atoms with E-state index in [0.717, 1.165) is 11.1 Å². The zero-order chi connectivity index (χ0) is 22.2. The molecule has 0 saturated heterocycles. The van der Waals surface area contributed by atoms with Gasteiger partial charge in [-0.25, -0.2) is 8.42 Å². The van der Waals surface area contributed by atoms with Gasteiger partial charge >= 0.3 is 0 Å². The van der Waals surface area contributed by atoms with Crippen molar-refractivity contribution < 1.29 is 17.9 Å². The lowest BCUT2D eigenvalue weighted by Crippen LogP contribution is -2.48. The average Bonchev–Trinajstić information content (AvgIpc) is 2.75. The molecular formula is C23H21ClN2O4S. The van der Waals surface area contributed by atoms with Gasteiger partial charge in [-0.3, -0.25) is 9.10 Å². The van der Waals surface area contributed by atoms with Gasteiger partial charge < -0.3 is 10.1 Å². The van der Waals surface area contributed by atoms with E-state index in [1.807, 2.05) is 32.0 Å². The zero-order valence-electron chi connectivity index (χ0n) is 17.0. The summed E-state index contributed by atoms with van der Waals surface area (Å²) in [5, 5.41) is 3.29. The summed E-state index contributed by atoms with van der Waals surface area (Å²) in [6.45, 7) is 3.72. The summed E-state index contributed by atoms with van der Waals surface area (Å²) in [5.41, 5.74) is 3.03. The summed E-state index contributed by atoms with van der Waals surface area (Å²) < 4.78 is 33.8. The number of hydrogen-bond acceptors (Lipinski definition) is 4. The smallest absolute Gasteiger partial charge is 0.267 e. The fourth-order valence-corrected chi connectivity index (χ4v) is 5.07. The number of halogens is 1. The summed E-state index contributed by atoms with van der Waals surface area (Å²) in [6.07, 6.45) is -1.02. The highest BCUT2D eigenvalue weighted by molar-refractivity contribution is 7.92. The van der Waals surface area contributed by atoms with Crippen molar-refractivity contribution in [3.63, 3.8) is 0 Å². The van der Waals surface area contributed by atoms with Crippen molar-refractivity contribution in [2.45, 2.75) is 24.8 Å². The van der Waals surface area contributed by atoms with E-state index < -0.39 is 22.0 Å². The second-order valence-corrected chi connectivity index (χ2v) is 9.67. The number of para-hydroxylation sites is 2. The van der Waals surface area contributed by atoms with Crippen molar-refractivity contribution in [2.24, 2.45) is 0 Å². The molecule has 0 spiro atoms. The van der Waals surface area contributed by atoms with E-state index in [0.29, 0.717) is 22.1 Å². The Morgan fingerprint density at radius 1 is 1.06 bits per heavy atom. The largest absolute Gasteiger partial charge is 0.476 e. The standard InChI is InChI=1S/C23H21ClN2O4S/c1-15-7-12-19(16(2)13-15)25-23(27)22-14-26(20-5-3-4-6-21(20)30-22)31(28,29)18-10-8-17(24)9-11-18/h3-13,22H,14H2,1-2H3,(H,25,27)/t22-/m1/s1. The van der Waals surface area contributed by atoms with E-state index in [4.69, 9.17) is 16.3 Å². The fourth-order valence-electron chi connectivity index (χ4n) is 3.47. The third-order valence-corrected chi connectivity index (χ3v) is 7.11. The van der Waals surface area contributed by atoms with Gasteiger partial charge in [-0.15, -0.1) is 0 Å². The third kappa shape index (κ3) is 4.24. The molecule has 0 aliphatic carbocycles. The Bertz CT molecular complexity index is 1240. The van der Waals surface area contributed by atoms with E-state index in [1.54, 1.807) is 24.3 Å². The molecule has 160 valence electrons. The number of carbonyl (C=O) groups is 1. The van der Waals surface area contributed by atoms with Crippen molar-refractivity contribution >= 4 is 38.9 Å². The Morgan fingerprint density at radius 3 is 2.48 bits per heavy atom. The Balaban J connectivity index is 1.67. The molecule has 1 heterocycles. The number of rotatable bonds is 4. The lowest BCUT2D eigenvalue weighted by molar-refractivity contribution is -0.122. The molecule has 8 heteroatoms. The second kappa shape index (κ2) is 8.24. The molecule has 1 aliphatic heterocycles. The summed E-state index contributed by atoms with van der Waals surface area (Å²) in [6, 6.07) is 18.4. The molecule has 4 rings (SSSR count). The van der Waals surface area contributed by atoms with E-state index in [-0.39, 0.29) is 11.4 Å². The molecule has 1 aliphatic rings. The van der Waals surface area contributed by atoms with Gasteiger partial charge in [0.2, 0.25) is 0 Å². The average molecular weight is 457 g/mol. The van der Waals surface area contributed by atoms with E-state index in [2.05, 4.69) is 5.32 Å². The van der Waals surface area contributed by atoms with Crippen LogP contribution in [0.3, 0.4) is 0 Å². The Kier molecular flexibility index (Phi) is 5.64. The van der Waals surface area contributed by atoms with Gasteiger partial charge in [-0.1, -0.05) is 41.4 Å². The maximum Gasteiger partial charge on any atom is 0.267 e. The number of carbonyl (C=O) groups excluding carboxylic acids is 1. The number of amides is 1. The Labute approximate surface area is 186 Å². The first kappa shape index (κ1) is 21.2. The van der Waals surface area contributed by atoms with Crippen LogP contribution in [0, 0.1) is 13.8 Å². The van der Waals surface area contributed by atoms with Crippen molar-refractivity contribution in [1.82, 2.24) is 0 Å². The van der Waals surface area contributed by atoms with Gasteiger partial charge in [0.15, 0.2) is 6.10 Å². The van der Waals surface area contributed by atoms with Crippen molar-refractivity contribution in [1.29, 1.82) is 0 Å². The predicted molar refractivity (Wildman–Crippen MR) is 121 cm³/mol. The molecule has 0 bridgehead atoms. The van der Waals surface area contributed by atoms with Crippen molar-refractivity contribution in [3.8, 4) is 5.75 Å². The molecule has 0 aromatic heterocycles. The number of benzene rings is 3. The van der Waals surface area contributed by atoms with Crippen LogP contribution in [0.1, 0.15) is 11.1 Å². The summed E-state index contributed by atoms with van der Waals surface area (Å²) in [7, 11) is -3.93. The molecule has 3 aromatic rings. The maximum atomic E-state index is 13.4. The second-order valence-electron chi connectivity index (χ2n) is 7.37. The molecular weight excluding hydrogens is 436 g/mol. The zero-order valence-corrected chi connectivity index (χ0v) is 18.6. The van der Waals surface area contributed by atoms with Gasteiger partial charge in [0, 0.05) is 10.7 Å². The van der Waals surface area contributed by atoms with Gasteiger partial charge in [-0.05, 0) is 61.9 Å². The molecule has 1 N–H and O–H groups in total. The van der Waals surface area contributed by atoms with Crippen LogP contribution >= 0.6 is 11.6 Å². The van der Waals surface area contributed by atoms with Crippen LogP contribution in [-0.4, -0.2) is 27.0 Å². The molecule has 1 atom stereocenters. The fraction of sp³-hybridized carbons (Fsp3) is 0.174. The molecule has 3 aromatic carbocycles. The first-order chi connectivity index (χ1) is 14.8. The van der Waals surface area contributed by atoms with Gasteiger partial charge in [-0.2, -0.15) is 0 Å². The molecule has 0 unspecified atom stereocenters. The number of nitrogens with zero attached hydrogens (tertiary/aromatic N) is 1. The normalized spacial score (nSPS) is 15.7. The van der Waals surface area contributed by atoms with E-state index >= 15 is 0 Å². The topological polar surface area (TPSA) is 75.7 Å². The number of nitrogens with one attached hydrogen (secondary N) is 1. The molecule has 1 amide bonds. The predicted octanol–water partition coefficient (Wildman–Crippen LogP) is 4.55. The van der Waals surface area contributed by atoms with Crippen LogP contribution in [0.25, 0.3) is 0 Å². The molecule has 0 radical (unpaired) electrons. The molecule has 0 fully saturated rings. The van der Waals surface area contributed by atoms with Crippen LogP contribution in [0.5, 0.6) is 5.75 Å². The summed E-state index contributed by atoms with van der Waals surface area (Å²) in [5.74, 6) is -0.0928. The lowest BCUT2D eigenvalue weighted by Gasteiger charge is -2.34. The number of sulfonamides is 1. The van der Waals surface area contributed by atoms with Gasteiger partial charge in [0.05, 0.1) is 17.1 Å². The highest BCUT2D eigenvalue weighted by atomic mass is 35.5. The summed E-state index contributed by atoms with van der Waals surface area (Å²) in [4.78, 5) is 13.1.